The van der Waals surface area contributed by atoms with Crippen molar-refractivity contribution in [2.24, 2.45) is 0 Å². The zero-order chi connectivity index (χ0) is 11.8. The molecular weight excluding hydrogens is 208 g/mol. The molecule has 2 rings (SSSR count). The van der Waals surface area contributed by atoms with Crippen molar-refractivity contribution in [2.45, 2.75) is 38.5 Å². The van der Waals surface area contributed by atoms with Crippen LogP contribution in [-0.2, 0) is 9.47 Å². The summed E-state index contributed by atoms with van der Waals surface area (Å²) in [6.45, 7) is 8.44. The predicted octanol–water partition coefficient (Wildman–Crippen LogP) is 0.594. The third-order valence-corrected chi connectivity index (χ3v) is 2.77. The van der Waals surface area contributed by atoms with Gasteiger partial charge in [-0.15, -0.1) is 0 Å². The maximum atomic E-state index is 12.0. The highest BCUT2D eigenvalue weighted by molar-refractivity contribution is 5.69. The maximum absolute atomic E-state index is 12.0. The fraction of sp³-hybridized carbons (Fsp3) is 0.909. The van der Waals surface area contributed by atoms with E-state index in [0.717, 1.165) is 13.1 Å². The predicted molar refractivity (Wildman–Crippen MR) is 59.3 cm³/mol. The molecule has 2 fully saturated rings. The van der Waals surface area contributed by atoms with E-state index >= 15 is 0 Å². The molecule has 0 radical (unpaired) electrons. The Kier molecular flexibility index (Phi) is 3.08. The summed E-state index contributed by atoms with van der Waals surface area (Å²) in [5, 5.41) is 3.31. The van der Waals surface area contributed by atoms with Gasteiger partial charge in [-0.25, -0.2) is 4.79 Å². The van der Waals surface area contributed by atoms with Crippen LogP contribution in [0.1, 0.15) is 20.8 Å². The van der Waals surface area contributed by atoms with Crippen LogP contribution in [0.15, 0.2) is 0 Å². The number of nitrogens with one attached hydrogen (secondary N) is 1. The van der Waals surface area contributed by atoms with Crippen LogP contribution in [0.5, 0.6) is 0 Å². The normalized spacial score (nSPS) is 30.1. The Bertz CT molecular complexity index is 253. The quantitative estimate of drug-likeness (QED) is 0.659. The molecule has 0 aromatic heterocycles. The van der Waals surface area contributed by atoms with Crippen LogP contribution in [0.4, 0.5) is 4.79 Å². The highest BCUT2D eigenvalue weighted by Crippen LogP contribution is 2.20. The van der Waals surface area contributed by atoms with E-state index in [1.807, 2.05) is 25.7 Å². The Balaban J connectivity index is 2.04. The minimum atomic E-state index is -0.433. The minimum Gasteiger partial charge on any atom is -0.444 e. The number of fused-ring (bicyclic) bond motifs is 2. The molecular formula is C11H20N2O3. The van der Waals surface area contributed by atoms with Gasteiger partial charge in [-0.05, 0) is 20.8 Å². The maximum Gasteiger partial charge on any atom is 0.411 e. The van der Waals surface area contributed by atoms with Crippen molar-refractivity contribution >= 4 is 6.09 Å². The summed E-state index contributed by atoms with van der Waals surface area (Å²) < 4.78 is 10.9. The van der Waals surface area contributed by atoms with Crippen molar-refractivity contribution in [2.75, 3.05) is 26.3 Å². The van der Waals surface area contributed by atoms with Crippen molar-refractivity contribution in [3.8, 4) is 0 Å². The van der Waals surface area contributed by atoms with E-state index in [1.165, 1.54) is 0 Å². The van der Waals surface area contributed by atoms with E-state index in [0.29, 0.717) is 13.2 Å². The summed E-state index contributed by atoms with van der Waals surface area (Å²) >= 11 is 0. The average Bonchev–Trinajstić information content (AvgIpc) is 2.13. The third-order valence-electron chi connectivity index (χ3n) is 2.77. The van der Waals surface area contributed by atoms with E-state index in [-0.39, 0.29) is 18.2 Å². The van der Waals surface area contributed by atoms with Gasteiger partial charge in [-0.1, -0.05) is 0 Å². The number of ether oxygens (including phenoxy) is 2. The molecule has 2 bridgehead atoms. The molecule has 16 heavy (non-hydrogen) atoms. The molecule has 5 heteroatoms. The first-order valence-electron chi connectivity index (χ1n) is 5.77. The van der Waals surface area contributed by atoms with Crippen LogP contribution >= 0.6 is 0 Å². The molecule has 0 unspecified atom stereocenters. The van der Waals surface area contributed by atoms with Crippen molar-refractivity contribution in [3.05, 3.63) is 0 Å². The van der Waals surface area contributed by atoms with Gasteiger partial charge in [0.15, 0.2) is 0 Å². The molecule has 2 heterocycles. The van der Waals surface area contributed by atoms with Gasteiger partial charge in [0.1, 0.15) is 5.60 Å². The second-order valence-electron chi connectivity index (χ2n) is 5.39. The number of amides is 1. The first-order valence-corrected chi connectivity index (χ1v) is 5.77. The molecule has 1 N–H and O–H groups in total. The standard InChI is InChI=1S/C11H20N2O3/c1-11(2,3)16-10(14)13-8-4-12-5-9(13)7-15-6-8/h8-9,12H,4-7H2,1-3H3/t8-,9-/m1/s1. The van der Waals surface area contributed by atoms with Crippen LogP contribution in [0.25, 0.3) is 0 Å². The highest BCUT2D eigenvalue weighted by atomic mass is 16.6. The molecule has 2 saturated heterocycles. The SMILES string of the molecule is CC(C)(C)OC(=O)N1[C@@H]2CNC[C@@H]1COC2. The molecule has 2 aliphatic rings. The van der Waals surface area contributed by atoms with Gasteiger partial charge in [0.05, 0.1) is 25.3 Å². The van der Waals surface area contributed by atoms with Crippen LogP contribution in [0.2, 0.25) is 0 Å². The van der Waals surface area contributed by atoms with Crippen LogP contribution in [0.3, 0.4) is 0 Å². The second kappa shape index (κ2) is 4.22. The van der Waals surface area contributed by atoms with Crippen molar-refractivity contribution in [1.29, 1.82) is 0 Å². The Morgan fingerprint density at radius 3 is 2.38 bits per heavy atom. The summed E-state index contributed by atoms with van der Waals surface area (Å²) in [7, 11) is 0. The Hall–Kier alpha value is -0.810. The van der Waals surface area contributed by atoms with Gasteiger partial charge in [-0.3, -0.25) is 4.90 Å². The van der Waals surface area contributed by atoms with Gasteiger partial charge in [0.25, 0.3) is 0 Å². The van der Waals surface area contributed by atoms with Crippen LogP contribution < -0.4 is 5.32 Å². The number of hydrogen-bond acceptors (Lipinski definition) is 4. The summed E-state index contributed by atoms with van der Waals surface area (Å²) in [5.41, 5.74) is -0.433. The molecule has 2 aliphatic heterocycles. The lowest BCUT2D eigenvalue weighted by Crippen LogP contribution is -2.65. The van der Waals surface area contributed by atoms with Crippen molar-refractivity contribution < 1.29 is 14.3 Å². The lowest BCUT2D eigenvalue weighted by molar-refractivity contribution is -0.0717. The Morgan fingerprint density at radius 1 is 1.31 bits per heavy atom. The van der Waals surface area contributed by atoms with Crippen molar-refractivity contribution in [3.63, 3.8) is 0 Å². The number of morpholine rings is 1. The first-order chi connectivity index (χ1) is 7.47. The molecule has 0 aliphatic carbocycles. The third kappa shape index (κ3) is 2.47. The van der Waals surface area contributed by atoms with E-state index in [4.69, 9.17) is 9.47 Å². The van der Waals surface area contributed by atoms with Crippen LogP contribution in [-0.4, -0.2) is 55.0 Å². The number of nitrogens with zero attached hydrogens (tertiary/aromatic N) is 1. The summed E-state index contributed by atoms with van der Waals surface area (Å²) in [4.78, 5) is 13.9. The molecule has 0 aromatic carbocycles. The summed E-state index contributed by atoms with van der Waals surface area (Å²) in [6.07, 6.45) is -0.215. The first kappa shape index (κ1) is 11.7. The van der Waals surface area contributed by atoms with Gasteiger partial charge in [-0.2, -0.15) is 0 Å². The molecule has 0 aromatic rings. The zero-order valence-electron chi connectivity index (χ0n) is 10.2. The van der Waals surface area contributed by atoms with E-state index < -0.39 is 5.60 Å². The minimum absolute atomic E-state index is 0.113. The molecule has 92 valence electrons. The van der Waals surface area contributed by atoms with Crippen LogP contribution in [0, 0.1) is 0 Å². The second-order valence-corrected chi connectivity index (χ2v) is 5.39. The number of carbonyl (C=O) groups excluding carboxylic acids is 1. The number of hydrogen-bond donors (Lipinski definition) is 1. The van der Waals surface area contributed by atoms with E-state index in [9.17, 15) is 4.79 Å². The molecule has 0 spiro atoms. The number of rotatable bonds is 0. The van der Waals surface area contributed by atoms with E-state index in [2.05, 4.69) is 5.32 Å². The van der Waals surface area contributed by atoms with Gasteiger partial charge in [0.2, 0.25) is 0 Å². The lowest BCUT2D eigenvalue weighted by Gasteiger charge is -2.45. The highest BCUT2D eigenvalue weighted by Gasteiger charge is 2.39. The fourth-order valence-corrected chi connectivity index (χ4v) is 2.14. The van der Waals surface area contributed by atoms with Gasteiger partial charge in [0, 0.05) is 13.1 Å². The fourth-order valence-electron chi connectivity index (χ4n) is 2.14. The molecule has 5 nitrogen and oxygen atoms in total. The molecule has 2 atom stereocenters. The smallest absolute Gasteiger partial charge is 0.411 e. The Labute approximate surface area is 96.1 Å². The summed E-state index contributed by atoms with van der Waals surface area (Å²) in [6, 6.07) is 0.227. The monoisotopic (exact) mass is 228 g/mol. The lowest BCUT2D eigenvalue weighted by atomic mass is 10.1. The van der Waals surface area contributed by atoms with Gasteiger partial charge >= 0.3 is 6.09 Å². The van der Waals surface area contributed by atoms with E-state index in [1.54, 1.807) is 0 Å². The molecule has 0 saturated carbocycles. The topological polar surface area (TPSA) is 50.8 Å². The average molecular weight is 228 g/mol. The largest absolute Gasteiger partial charge is 0.444 e. The van der Waals surface area contributed by atoms with Gasteiger partial charge < -0.3 is 14.8 Å². The number of carbonyl (C=O) groups is 1. The van der Waals surface area contributed by atoms with Crippen molar-refractivity contribution in [1.82, 2.24) is 10.2 Å². The zero-order valence-corrected chi connectivity index (χ0v) is 10.2. The summed E-state index contributed by atoms with van der Waals surface area (Å²) in [5.74, 6) is 0. The number of piperazine rings is 1. The molecule has 1 amide bonds. The Morgan fingerprint density at radius 2 is 1.88 bits per heavy atom.